The minimum Gasteiger partial charge on any atom is -0.258 e. The summed E-state index contributed by atoms with van der Waals surface area (Å²) in [5.74, 6) is 0. The van der Waals surface area contributed by atoms with Crippen molar-refractivity contribution in [3.8, 4) is 0 Å². The summed E-state index contributed by atoms with van der Waals surface area (Å²) in [5.41, 5.74) is 0.165. The monoisotopic (exact) mass is 335 g/mol. The van der Waals surface area contributed by atoms with E-state index in [1.54, 1.807) is 11.4 Å². The molecular formula is C8H3Br2NO2S. The molecule has 6 heteroatoms. The molecule has 0 saturated carbocycles. The SMILES string of the molecule is O=[N+]([O-])c1csc2cc(Br)c(Br)cc12. The number of rotatable bonds is 1. The number of hydrogen-bond donors (Lipinski definition) is 0. The van der Waals surface area contributed by atoms with E-state index in [1.807, 2.05) is 6.07 Å². The first-order valence-electron chi connectivity index (χ1n) is 3.60. The Morgan fingerprint density at radius 2 is 1.93 bits per heavy atom. The molecule has 0 N–H and O–H groups in total. The molecule has 2 rings (SSSR count). The highest BCUT2D eigenvalue weighted by Crippen LogP contribution is 2.37. The predicted molar refractivity (Wildman–Crippen MR) is 63.9 cm³/mol. The van der Waals surface area contributed by atoms with Gasteiger partial charge >= 0.3 is 0 Å². The van der Waals surface area contributed by atoms with Crippen LogP contribution >= 0.6 is 43.2 Å². The van der Waals surface area contributed by atoms with Crippen LogP contribution in [0.15, 0.2) is 26.5 Å². The Morgan fingerprint density at radius 1 is 1.29 bits per heavy atom. The van der Waals surface area contributed by atoms with E-state index in [0.717, 1.165) is 13.6 Å². The van der Waals surface area contributed by atoms with Crippen LogP contribution in [0.5, 0.6) is 0 Å². The van der Waals surface area contributed by atoms with E-state index in [9.17, 15) is 10.1 Å². The largest absolute Gasteiger partial charge is 0.287 e. The van der Waals surface area contributed by atoms with Crippen molar-refractivity contribution in [3.05, 3.63) is 36.6 Å². The third-order valence-corrected chi connectivity index (χ3v) is 4.57. The molecule has 3 nitrogen and oxygen atoms in total. The van der Waals surface area contributed by atoms with Gasteiger partial charge in [0.15, 0.2) is 0 Å². The van der Waals surface area contributed by atoms with Gasteiger partial charge in [-0.25, -0.2) is 0 Å². The van der Waals surface area contributed by atoms with Crippen LogP contribution in [0.3, 0.4) is 0 Å². The number of hydrogen-bond acceptors (Lipinski definition) is 3. The van der Waals surface area contributed by atoms with Crippen LogP contribution in [0, 0.1) is 10.1 Å². The van der Waals surface area contributed by atoms with Crippen LogP contribution < -0.4 is 0 Å². The van der Waals surface area contributed by atoms with Gasteiger partial charge in [-0.05, 0) is 44.0 Å². The number of benzene rings is 1. The number of nitro groups is 1. The standard InChI is InChI=1S/C8H3Br2NO2S/c9-5-1-4-7(11(12)13)3-14-8(4)2-6(5)10/h1-3H. The molecular weight excluding hydrogens is 334 g/mol. The molecule has 0 aliphatic rings. The summed E-state index contributed by atoms with van der Waals surface area (Å²) in [6, 6.07) is 3.63. The molecule has 0 radical (unpaired) electrons. The van der Waals surface area contributed by atoms with Crippen molar-refractivity contribution in [2.45, 2.75) is 0 Å². The van der Waals surface area contributed by atoms with Crippen molar-refractivity contribution >= 4 is 59.0 Å². The van der Waals surface area contributed by atoms with Gasteiger partial charge in [0.05, 0.1) is 15.7 Å². The van der Waals surface area contributed by atoms with Crippen molar-refractivity contribution in [2.75, 3.05) is 0 Å². The zero-order chi connectivity index (χ0) is 10.3. The highest BCUT2D eigenvalue weighted by atomic mass is 79.9. The normalized spacial score (nSPS) is 10.7. The lowest BCUT2D eigenvalue weighted by molar-refractivity contribution is -0.382. The summed E-state index contributed by atoms with van der Waals surface area (Å²) in [7, 11) is 0. The smallest absolute Gasteiger partial charge is 0.258 e. The van der Waals surface area contributed by atoms with E-state index < -0.39 is 0 Å². The molecule has 72 valence electrons. The van der Waals surface area contributed by atoms with Gasteiger partial charge in [0.25, 0.3) is 5.69 Å². The molecule has 0 aliphatic heterocycles. The Labute approximate surface area is 100 Å². The zero-order valence-electron chi connectivity index (χ0n) is 6.66. The predicted octanol–water partition coefficient (Wildman–Crippen LogP) is 4.33. The third-order valence-electron chi connectivity index (χ3n) is 1.79. The molecule has 1 heterocycles. The molecule has 0 fully saturated rings. The third kappa shape index (κ3) is 1.57. The van der Waals surface area contributed by atoms with E-state index in [1.165, 1.54) is 11.3 Å². The molecule has 0 aliphatic carbocycles. The van der Waals surface area contributed by atoms with Crippen LogP contribution in [0.2, 0.25) is 0 Å². The minimum absolute atomic E-state index is 0.165. The first kappa shape index (κ1) is 10.1. The number of nitrogens with zero attached hydrogens (tertiary/aromatic N) is 1. The van der Waals surface area contributed by atoms with Crippen LogP contribution in [0.1, 0.15) is 0 Å². The van der Waals surface area contributed by atoms with Gasteiger partial charge in [0.2, 0.25) is 0 Å². The maximum absolute atomic E-state index is 10.7. The lowest BCUT2D eigenvalue weighted by Gasteiger charge is -1.95. The molecule has 0 amide bonds. The Kier molecular flexibility index (Phi) is 2.59. The summed E-state index contributed by atoms with van der Waals surface area (Å²) in [6.07, 6.45) is 0. The molecule has 0 spiro atoms. The molecule has 14 heavy (non-hydrogen) atoms. The fourth-order valence-corrected chi connectivity index (χ4v) is 2.92. The molecule has 0 saturated heterocycles. The lowest BCUT2D eigenvalue weighted by atomic mass is 10.2. The van der Waals surface area contributed by atoms with Gasteiger partial charge in [0, 0.05) is 13.6 Å². The van der Waals surface area contributed by atoms with Crippen molar-refractivity contribution in [3.63, 3.8) is 0 Å². The second kappa shape index (κ2) is 3.60. The van der Waals surface area contributed by atoms with E-state index in [0.29, 0.717) is 5.39 Å². The van der Waals surface area contributed by atoms with Crippen molar-refractivity contribution < 1.29 is 4.92 Å². The Hall–Kier alpha value is -0.460. The summed E-state index contributed by atoms with van der Waals surface area (Å²) in [6.45, 7) is 0. The second-order valence-corrected chi connectivity index (χ2v) is 5.26. The maximum atomic E-state index is 10.7. The van der Waals surface area contributed by atoms with Gasteiger partial charge < -0.3 is 0 Å². The average molecular weight is 337 g/mol. The van der Waals surface area contributed by atoms with Crippen LogP contribution in [-0.2, 0) is 0 Å². The second-order valence-electron chi connectivity index (χ2n) is 2.64. The van der Waals surface area contributed by atoms with Gasteiger partial charge in [-0.2, -0.15) is 0 Å². The summed E-state index contributed by atoms with van der Waals surface area (Å²) < 4.78 is 2.64. The van der Waals surface area contributed by atoms with Gasteiger partial charge in [-0.1, -0.05) is 0 Å². The lowest BCUT2D eigenvalue weighted by Crippen LogP contribution is -1.84. The van der Waals surface area contributed by atoms with E-state index in [-0.39, 0.29) is 10.6 Å². The summed E-state index contributed by atoms with van der Waals surface area (Å²) in [4.78, 5) is 10.3. The van der Waals surface area contributed by atoms with Crippen LogP contribution in [-0.4, -0.2) is 4.92 Å². The summed E-state index contributed by atoms with van der Waals surface area (Å²) in [5, 5.41) is 12.9. The number of halogens is 2. The molecule has 0 atom stereocenters. The fourth-order valence-electron chi connectivity index (χ4n) is 1.15. The van der Waals surface area contributed by atoms with Crippen LogP contribution in [0.25, 0.3) is 10.1 Å². The Balaban J connectivity index is 2.80. The highest BCUT2D eigenvalue weighted by Gasteiger charge is 2.15. The van der Waals surface area contributed by atoms with Crippen molar-refractivity contribution in [2.24, 2.45) is 0 Å². The van der Waals surface area contributed by atoms with E-state index >= 15 is 0 Å². The molecule has 2 aromatic rings. The Bertz CT molecular complexity index is 523. The fraction of sp³-hybridized carbons (Fsp3) is 0. The molecule has 1 aromatic heterocycles. The first-order valence-corrected chi connectivity index (χ1v) is 6.07. The number of fused-ring (bicyclic) bond motifs is 1. The molecule has 0 bridgehead atoms. The van der Waals surface area contributed by atoms with E-state index in [2.05, 4.69) is 31.9 Å². The van der Waals surface area contributed by atoms with Crippen molar-refractivity contribution in [1.29, 1.82) is 0 Å². The molecule has 1 aromatic carbocycles. The van der Waals surface area contributed by atoms with Crippen molar-refractivity contribution in [1.82, 2.24) is 0 Å². The quantitative estimate of drug-likeness (QED) is 0.574. The molecule has 0 unspecified atom stereocenters. The average Bonchev–Trinajstić information content (AvgIpc) is 2.48. The maximum Gasteiger partial charge on any atom is 0.287 e. The van der Waals surface area contributed by atoms with Crippen LogP contribution in [0.4, 0.5) is 5.69 Å². The Morgan fingerprint density at radius 3 is 2.57 bits per heavy atom. The summed E-state index contributed by atoms with van der Waals surface area (Å²) >= 11 is 8.04. The topological polar surface area (TPSA) is 43.1 Å². The van der Waals surface area contributed by atoms with Gasteiger partial charge in [-0.3, -0.25) is 10.1 Å². The highest BCUT2D eigenvalue weighted by molar-refractivity contribution is 9.13. The zero-order valence-corrected chi connectivity index (χ0v) is 10.6. The van der Waals surface area contributed by atoms with E-state index in [4.69, 9.17) is 0 Å². The number of thiophene rings is 1. The van der Waals surface area contributed by atoms with Gasteiger partial charge in [0.1, 0.15) is 0 Å². The van der Waals surface area contributed by atoms with Gasteiger partial charge in [-0.15, -0.1) is 11.3 Å². The first-order chi connectivity index (χ1) is 6.59. The minimum atomic E-state index is -0.362.